The average molecular weight is 425 g/mol. The highest BCUT2D eigenvalue weighted by Crippen LogP contribution is 2.33. The lowest BCUT2D eigenvalue weighted by molar-refractivity contribution is -0.116. The van der Waals surface area contributed by atoms with Crippen LogP contribution >= 0.6 is 34.5 Å². The lowest BCUT2D eigenvalue weighted by Gasteiger charge is -2.20. The highest BCUT2D eigenvalue weighted by molar-refractivity contribution is 7.14. The maximum Gasteiger partial charge on any atom is 0.264 e. The van der Waals surface area contributed by atoms with Crippen molar-refractivity contribution in [1.29, 1.82) is 0 Å². The van der Waals surface area contributed by atoms with Crippen LogP contribution in [0.3, 0.4) is 0 Å². The Bertz CT molecular complexity index is 845. The topological polar surface area (TPSA) is 49.4 Å². The molecule has 1 aliphatic carbocycles. The number of amides is 2. The molecule has 3 rings (SSSR count). The SMILES string of the molecule is CCN(CC(=O)Nc1c(Cl)cccc1Cl)C(=O)c1cc2c(s1)CC[C@@H](C)C2. The molecule has 0 saturated heterocycles. The number of para-hydroxylation sites is 1. The largest absolute Gasteiger partial charge is 0.329 e. The molecule has 1 aromatic heterocycles. The molecule has 7 heteroatoms. The van der Waals surface area contributed by atoms with Crippen molar-refractivity contribution in [2.24, 2.45) is 5.92 Å². The molecule has 4 nitrogen and oxygen atoms in total. The number of hydrogen-bond donors (Lipinski definition) is 1. The first-order valence-corrected chi connectivity index (χ1v) is 10.6. The van der Waals surface area contributed by atoms with Crippen LogP contribution in [0.25, 0.3) is 0 Å². The van der Waals surface area contributed by atoms with Crippen molar-refractivity contribution >= 4 is 52.0 Å². The Hall–Kier alpha value is -1.56. The Kier molecular flexibility index (Phi) is 6.45. The third-order valence-corrected chi connectivity index (χ3v) is 6.63. The molecule has 2 amide bonds. The quantitative estimate of drug-likeness (QED) is 0.709. The number of carbonyl (C=O) groups is 2. The van der Waals surface area contributed by atoms with Crippen LogP contribution in [0.5, 0.6) is 0 Å². The van der Waals surface area contributed by atoms with E-state index in [1.165, 1.54) is 16.9 Å². The number of fused-ring (bicyclic) bond motifs is 1. The first kappa shape index (κ1) is 20.2. The van der Waals surface area contributed by atoms with Crippen molar-refractivity contribution in [1.82, 2.24) is 4.90 Å². The summed E-state index contributed by atoms with van der Waals surface area (Å²) in [6, 6.07) is 7.02. The van der Waals surface area contributed by atoms with E-state index < -0.39 is 0 Å². The second-order valence-electron chi connectivity index (χ2n) is 6.87. The van der Waals surface area contributed by atoms with Crippen molar-refractivity contribution in [3.8, 4) is 0 Å². The molecule has 0 radical (unpaired) electrons. The third-order valence-electron chi connectivity index (χ3n) is 4.77. The summed E-state index contributed by atoms with van der Waals surface area (Å²) in [6.07, 6.45) is 3.22. The van der Waals surface area contributed by atoms with Crippen molar-refractivity contribution in [3.63, 3.8) is 0 Å². The van der Waals surface area contributed by atoms with Crippen LogP contribution in [-0.4, -0.2) is 29.8 Å². The van der Waals surface area contributed by atoms with Crippen molar-refractivity contribution < 1.29 is 9.59 Å². The Morgan fingerprint density at radius 2 is 2.00 bits per heavy atom. The van der Waals surface area contributed by atoms with E-state index in [4.69, 9.17) is 23.2 Å². The monoisotopic (exact) mass is 424 g/mol. The summed E-state index contributed by atoms with van der Waals surface area (Å²) in [5.74, 6) is 0.226. The number of rotatable bonds is 5. The number of thiophene rings is 1. The van der Waals surface area contributed by atoms with Crippen molar-refractivity contribution in [2.75, 3.05) is 18.4 Å². The van der Waals surface area contributed by atoms with Crippen LogP contribution in [0.1, 0.15) is 40.4 Å². The number of carbonyl (C=O) groups excluding carboxylic acids is 2. The zero-order chi connectivity index (χ0) is 19.6. The summed E-state index contributed by atoms with van der Waals surface area (Å²) >= 11 is 13.7. The molecule has 144 valence electrons. The molecule has 0 fully saturated rings. The van der Waals surface area contributed by atoms with Gasteiger partial charge in [0.15, 0.2) is 0 Å². The molecule has 0 bridgehead atoms. The van der Waals surface area contributed by atoms with E-state index in [9.17, 15) is 9.59 Å². The van der Waals surface area contributed by atoms with E-state index in [1.54, 1.807) is 34.4 Å². The normalized spacial score (nSPS) is 15.9. The Morgan fingerprint density at radius 1 is 1.30 bits per heavy atom. The molecule has 1 aliphatic rings. The molecule has 1 N–H and O–H groups in total. The van der Waals surface area contributed by atoms with Crippen LogP contribution in [0, 0.1) is 5.92 Å². The minimum atomic E-state index is -0.324. The van der Waals surface area contributed by atoms with Crippen LogP contribution in [-0.2, 0) is 17.6 Å². The number of benzene rings is 1. The molecule has 1 heterocycles. The molecule has 1 atom stereocenters. The van der Waals surface area contributed by atoms with Gasteiger partial charge in [-0.2, -0.15) is 0 Å². The number of nitrogens with one attached hydrogen (secondary N) is 1. The van der Waals surface area contributed by atoms with E-state index >= 15 is 0 Å². The Balaban J connectivity index is 1.69. The highest BCUT2D eigenvalue weighted by Gasteiger charge is 2.24. The van der Waals surface area contributed by atoms with Gasteiger partial charge in [-0.05, 0) is 55.9 Å². The second kappa shape index (κ2) is 8.63. The van der Waals surface area contributed by atoms with Gasteiger partial charge >= 0.3 is 0 Å². The van der Waals surface area contributed by atoms with E-state index in [1.807, 2.05) is 13.0 Å². The smallest absolute Gasteiger partial charge is 0.264 e. The van der Waals surface area contributed by atoms with Gasteiger partial charge in [-0.25, -0.2) is 0 Å². The molecule has 1 aromatic carbocycles. The minimum Gasteiger partial charge on any atom is -0.329 e. The molecule has 0 saturated carbocycles. The van der Waals surface area contributed by atoms with Gasteiger partial charge in [0.1, 0.15) is 6.54 Å². The summed E-state index contributed by atoms with van der Waals surface area (Å²) in [7, 11) is 0. The lowest BCUT2D eigenvalue weighted by Crippen LogP contribution is -2.37. The minimum absolute atomic E-state index is 0.0458. The fraction of sp³-hybridized carbons (Fsp3) is 0.400. The number of likely N-dealkylation sites (N-methyl/N-ethyl adjacent to an activating group) is 1. The predicted molar refractivity (Wildman–Crippen MR) is 112 cm³/mol. The van der Waals surface area contributed by atoms with Crippen molar-refractivity contribution in [2.45, 2.75) is 33.1 Å². The maximum atomic E-state index is 12.9. The number of hydrogen-bond acceptors (Lipinski definition) is 3. The average Bonchev–Trinajstić information content (AvgIpc) is 3.05. The maximum absolute atomic E-state index is 12.9. The van der Waals surface area contributed by atoms with Gasteiger partial charge in [0.25, 0.3) is 5.91 Å². The summed E-state index contributed by atoms with van der Waals surface area (Å²) in [5.41, 5.74) is 1.65. The number of anilines is 1. The van der Waals surface area contributed by atoms with Gasteiger partial charge in [0, 0.05) is 11.4 Å². The van der Waals surface area contributed by atoms with Crippen molar-refractivity contribution in [3.05, 3.63) is 49.6 Å². The standard InChI is InChI=1S/C20H22Cl2N2O2S/c1-3-24(11-18(25)23-19-14(21)5-4-6-15(19)22)20(26)17-10-13-9-12(2)7-8-16(13)27-17/h4-6,10,12H,3,7-9,11H2,1-2H3,(H,23,25)/t12-/m1/s1. The Labute approximate surface area is 173 Å². The van der Waals surface area contributed by atoms with E-state index in [2.05, 4.69) is 12.2 Å². The van der Waals surface area contributed by atoms with E-state index in [0.717, 1.165) is 12.8 Å². The lowest BCUT2D eigenvalue weighted by atomic mass is 9.90. The van der Waals surface area contributed by atoms with Gasteiger partial charge in [0.2, 0.25) is 5.91 Å². The fourth-order valence-electron chi connectivity index (χ4n) is 3.26. The highest BCUT2D eigenvalue weighted by atomic mass is 35.5. The summed E-state index contributed by atoms with van der Waals surface area (Å²) in [5, 5.41) is 3.44. The van der Waals surface area contributed by atoms with Crippen LogP contribution < -0.4 is 5.32 Å². The van der Waals surface area contributed by atoms with Gasteiger partial charge in [-0.1, -0.05) is 36.2 Å². The molecule has 0 spiro atoms. The Morgan fingerprint density at radius 3 is 2.67 bits per heavy atom. The first-order chi connectivity index (χ1) is 12.9. The third kappa shape index (κ3) is 4.65. The van der Waals surface area contributed by atoms with Gasteiger partial charge in [-0.15, -0.1) is 11.3 Å². The number of halogens is 2. The van der Waals surface area contributed by atoms with Gasteiger partial charge in [0.05, 0.1) is 20.6 Å². The summed E-state index contributed by atoms with van der Waals surface area (Å²) in [4.78, 5) is 28.9. The summed E-state index contributed by atoms with van der Waals surface area (Å²) in [6.45, 7) is 4.51. The first-order valence-electron chi connectivity index (χ1n) is 9.03. The molecule has 0 unspecified atom stereocenters. The molecular formula is C20H22Cl2N2O2S. The van der Waals surface area contributed by atoms with Crippen LogP contribution in [0.2, 0.25) is 10.0 Å². The second-order valence-corrected chi connectivity index (χ2v) is 8.82. The van der Waals surface area contributed by atoms with Gasteiger partial charge in [-0.3, -0.25) is 9.59 Å². The fourth-order valence-corrected chi connectivity index (χ4v) is 4.93. The molecular weight excluding hydrogens is 403 g/mol. The number of nitrogens with zero attached hydrogens (tertiary/aromatic N) is 1. The van der Waals surface area contributed by atoms with Gasteiger partial charge < -0.3 is 10.2 Å². The zero-order valence-electron chi connectivity index (χ0n) is 15.4. The predicted octanol–water partition coefficient (Wildman–Crippen LogP) is 5.28. The van der Waals surface area contributed by atoms with E-state index in [0.29, 0.717) is 33.1 Å². The molecule has 0 aliphatic heterocycles. The zero-order valence-corrected chi connectivity index (χ0v) is 17.7. The number of aryl methyl sites for hydroxylation is 1. The molecule has 2 aromatic rings. The molecule has 27 heavy (non-hydrogen) atoms. The van der Waals surface area contributed by atoms with E-state index in [-0.39, 0.29) is 18.4 Å². The van der Waals surface area contributed by atoms with Crippen LogP contribution in [0.15, 0.2) is 24.3 Å². The van der Waals surface area contributed by atoms with Crippen LogP contribution in [0.4, 0.5) is 5.69 Å². The summed E-state index contributed by atoms with van der Waals surface area (Å²) < 4.78 is 0.